The summed E-state index contributed by atoms with van der Waals surface area (Å²) in [6.45, 7) is 0.699. The molecule has 0 saturated carbocycles. The van der Waals surface area contributed by atoms with Crippen molar-refractivity contribution in [2.24, 2.45) is 0 Å². The fraction of sp³-hybridized carbons (Fsp3) is 0.381. The molecule has 0 unspecified atom stereocenters. The van der Waals surface area contributed by atoms with Crippen LogP contribution in [0.1, 0.15) is 32.5 Å². The Bertz CT molecular complexity index is 708. The lowest BCUT2D eigenvalue weighted by molar-refractivity contribution is 0.0953. The van der Waals surface area contributed by atoms with Crippen molar-refractivity contribution in [2.45, 2.75) is 17.4 Å². The number of amides is 1. The van der Waals surface area contributed by atoms with E-state index >= 15 is 0 Å². The lowest BCUT2D eigenvalue weighted by Gasteiger charge is -2.12. The van der Waals surface area contributed by atoms with Crippen molar-refractivity contribution in [1.82, 2.24) is 5.32 Å². The molecule has 2 aromatic carbocycles. The molecule has 0 radical (unpaired) electrons. The van der Waals surface area contributed by atoms with Gasteiger partial charge in [-0.3, -0.25) is 4.79 Å². The molecule has 138 valence electrons. The molecular weight excluding hydrogens is 360 g/mol. The molecular formula is C21H26N2OS2. The minimum Gasteiger partial charge on any atom is -0.378 e. The number of hydrogen-bond acceptors (Lipinski definition) is 4. The van der Waals surface area contributed by atoms with E-state index in [0.717, 1.165) is 18.4 Å². The summed E-state index contributed by atoms with van der Waals surface area (Å²) in [6, 6.07) is 16.7. The fourth-order valence-corrected chi connectivity index (χ4v) is 5.76. The van der Waals surface area contributed by atoms with Crippen LogP contribution < -0.4 is 10.2 Å². The average Bonchev–Trinajstić information content (AvgIpc) is 3.20. The van der Waals surface area contributed by atoms with Gasteiger partial charge in [-0.25, -0.2) is 0 Å². The van der Waals surface area contributed by atoms with E-state index in [-0.39, 0.29) is 5.91 Å². The van der Waals surface area contributed by atoms with Crippen LogP contribution in [0.25, 0.3) is 0 Å². The van der Waals surface area contributed by atoms with E-state index < -0.39 is 0 Å². The molecule has 0 spiro atoms. The van der Waals surface area contributed by atoms with E-state index in [2.05, 4.69) is 46.6 Å². The second-order valence-electron chi connectivity index (χ2n) is 6.62. The van der Waals surface area contributed by atoms with Gasteiger partial charge in [0.1, 0.15) is 0 Å². The quantitative estimate of drug-likeness (QED) is 0.705. The molecule has 1 aliphatic heterocycles. The number of nitrogens with one attached hydrogen (secondary N) is 1. The van der Waals surface area contributed by atoms with E-state index in [4.69, 9.17) is 0 Å². The van der Waals surface area contributed by atoms with E-state index in [1.165, 1.54) is 28.3 Å². The summed E-state index contributed by atoms with van der Waals surface area (Å²) in [5, 5.41) is 3.03. The second-order valence-corrected chi connectivity index (χ2v) is 9.34. The van der Waals surface area contributed by atoms with Crippen molar-refractivity contribution in [2.75, 3.05) is 37.0 Å². The molecule has 26 heavy (non-hydrogen) atoms. The number of carbonyl (C=O) groups is 1. The van der Waals surface area contributed by atoms with Gasteiger partial charge in [-0.1, -0.05) is 24.3 Å². The molecule has 1 saturated heterocycles. The number of thioether (sulfide) groups is 2. The highest BCUT2D eigenvalue weighted by atomic mass is 32.2. The summed E-state index contributed by atoms with van der Waals surface area (Å²) in [6.07, 6.45) is 1.92. The van der Waals surface area contributed by atoms with Gasteiger partial charge in [-0.2, -0.15) is 0 Å². The van der Waals surface area contributed by atoms with E-state index in [9.17, 15) is 4.79 Å². The Morgan fingerprint density at radius 3 is 2.31 bits per heavy atom. The third-order valence-corrected chi connectivity index (χ3v) is 7.55. The molecule has 2 aromatic rings. The Morgan fingerprint density at radius 2 is 1.69 bits per heavy atom. The molecule has 1 aliphatic rings. The highest BCUT2D eigenvalue weighted by Gasteiger charge is 2.18. The number of aryl methyl sites for hydroxylation is 1. The number of rotatable bonds is 7. The minimum absolute atomic E-state index is 0.0197. The molecule has 3 rings (SSSR count). The zero-order valence-electron chi connectivity index (χ0n) is 15.4. The maximum atomic E-state index is 12.3. The van der Waals surface area contributed by atoms with Crippen LogP contribution in [-0.2, 0) is 6.42 Å². The van der Waals surface area contributed by atoms with Crippen LogP contribution in [0.5, 0.6) is 0 Å². The average molecular weight is 387 g/mol. The number of benzene rings is 2. The van der Waals surface area contributed by atoms with E-state index in [1.54, 1.807) is 0 Å². The predicted molar refractivity (Wildman–Crippen MR) is 116 cm³/mol. The van der Waals surface area contributed by atoms with Gasteiger partial charge in [0.2, 0.25) is 0 Å². The third-order valence-electron chi connectivity index (χ3n) is 4.45. The number of carbonyl (C=O) groups excluding carboxylic acids is 1. The normalized spacial score (nSPS) is 14.4. The first kappa shape index (κ1) is 19.2. The lowest BCUT2D eigenvalue weighted by Crippen LogP contribution is -2.24. The van der Waals surface area contributed by atoms with Crippen molar-refractivity contribution < 1.29 is 4.79 Å². The summed E-state index contributed by atoms with van der Waals surface area (Å²) in [5.74, 6) is 2.46. The molecule has 1 heterocycles. The Kier molecular flexibility index (Phi) is 6.92. The summed E-state index contributed by atoms with van der Waals surface area (Å²) in [5.41, 5.74) is 4.58. The summed E-state index contributed by atoms with van der Waals surface area (Å²) < 4.78 is 0.533. The molecule has 0 aromatic heterocycles. The molecule has 5 heteroatoms. The summed E-state index contributed by atoms with van der Waals surface area (Å²) >= 11 is 3.97. The number of anilines is 1. The van der Waals surface area contributed by atoms with Crippen LogP contribution in [0, 0.1) is 0 Å². The Labute approximate surface area is 164 Å². The van der Waals surface area contributed by atoms with Gasteiger partial charge in [-0.15, -0.1) is 23.5 Å². The second kappa shape index (κ2) is 9.38. The number of hydrogen-bond donors (Lipinski definition) is 1. The van der Waals surface area contributed by atoms with E-state index in [0.29, 0.717) is 11.1 Å². The molecule has 0 bridgehead atoms. The molecule has 3 nitrogen and oxygen atoms in total. The maximum absolute atomic E-state index is 12.3. The van der Waals surface area contributed by atoms with Crippen molar-refractivity contribution in [3.05, 3.63) is 65.2 Å². The first-order valence-corrected chi connectivity index (χ1v) is 11.1. The van der Waals surface area contributed by atoms with Crippen molar-refractivity contribution in [3.63, 3.8) is 0 Å². The molecule has 1 fully saturated rings. The smallest absolute Gasteiger partial charge is 0.251 e. The van der Waals surface area contributed by atoms with Gasteiger partial charge in [0.15, 0.2) is 0 Å². The summed E-state index contributed by atoms with van der Waals surface area (Å²) in [4.78, 5) is 14.4. The van der Waals surface area contributed by atoms with Gasteiger partial charge in [0, 0.05) is 43.4 Å². The molecule has 0 atom stereocenters. The molecule has 1 amide bonds. The zero-order chi connectivity index (χ0) is 18.4. The molecule has 0 aliphatic carbocycles. The van der Waals surface area contributed by atoms with Crippen LogP contribution >= 0.6 is 23.5 Å². The van der Waals surface area contributed by atoms with Crippen LogP contribution in [0.3, 0.4) is 0 Å². The highest BCUT2D eigenvalue weighted by molar-refractivity contribution is 8.19. The number of nitrogens with zero attached hydrogens (tertiary/aromatic N) is 1. The van der Waals surface area contributed by atoms with Gasteiger partial charge in [0.05, 0.1) is 4.58 Å². The highest BCUT2D eigenvalue weighted by Crippen LogP contribution is 2.45. The Hall–Kier alpha value is -1.59. The van der Waals surface area contributed by atoms with Crippen LogP contribution in [0.15, 0.2) is 48.5 Å². The van der Waals surface area contributed by atoms with Crippen molar-refractivity contribution in [1.29, 1.82) is 0 Å². The monoisotopic (exact) mass is 386 g/mol. The maximum Gasteiger partial charge on any atom is 0.251 e. The summed E-state index contributed by atoms with van der Waals surface area (Å²) in [7, 11) is 4.09. The predicted octanol–water partition coefficient (Wildman–Crippen LogP) is 4.59. The van der Waals surface area contributed by atoms with Crippen LogP contribution in [-0.4, -0.2) is 38.1 Å². The van der Waals surface area contributed by atoms with Crippen LogP contribution in [0.4, 0.5) is 5.69 Å². The zero-order valence-corrected chi connectivity index (χ0v) is 17.0. The van der Waals surface area contributed by atoms with Crippen molar-refractivity contribution in [3.8, 4) is 0 Å². The SMILES string of the molecule is CN(C)c1ccc(CCCNC(=O)c2ccc(C3SCCS3)cc2)cc1. The Balaban J connectivity index is 1.42. The van der Waals surface area contributed by atoms with Gasteiger partial charge < -0.3 is 10.2 Å². The fourth-order valence-electron chi connectivity index (χ4n) is 2.90. The third kappa shape index (κ3) is 5.21. The van der Waals surface area contributed by atoms with E-state index in [1.807, 2.05) is 49.8 Å². The first-order chi connectivity index (χ1) is 12.6. The van der Waals surface area contributed by atoms with Crippen LogP contribution in [0.2, 0.25) is 0 Å². The van der Waals surface area contributed by atoms with Gasteiger partial charge >= 0.3 is 0 Å². The van der Waals surface area contributed by atoms with Gasteiger partial charge in [-0.05, 0) is 48.2 Å². The Morgan fingerprint density at radius 1 is 1.04 bits per heavy atom. The van der Waals surface area contributed by atoms with Crippen molar-refractivity contribution >= 4 is 35.1 Å². The lowest BCUT2D eigenvalue weighted by atomic mass is 10.1. The topological polar surface area (TPSA) is 32.3 Å². The minimum atomic E-state index is 0.0197. The standard InChI is InChI=1S/C21H26N2OS2/c1-23(2)19-11-5-16(6-12-19)4-3-13-22-20(24)17-7-9-18(10-8-17)21-25-14-15-26-21/h5-12,21H,3-4,13-15H2,1-2H3,(H,22,24). The molecule has 1 N–H and O–H groups in total. The van der Waals surface area contributed by atoms with Gasteiger partial charge in [0.25, 0.3) is 5.91 Å². The first-order valence-electron chi connectivity index (χ1n) is 9.01. The largest absolute Gasteiger partial charge is 0.378 e.